The maximum absolute atomic E-state index is 4.93. The van der Waals surface area contributed by atoms with Crippen LogP contribution in [-0.2, 0) is 20.8 Å². The molecule has 1 atom stereocenters. The first-order valence-electron chi connectivity index (χ1n) is 5.22. The Kier molecular flexibility index (Phi) is 9.93. The van der Waals surface area contributed by atoms with E-state index < -0.39 is 20.8 Å². The van der Waals surface area contributed by atoms with Gasteiger partial charge in [0.2, 0.25) is 0 Å². The van der Waals surface area contributed by atoms with Gasteiger partial charge in [-0.3, -0.25) is 0 Å². The fourth-order valence-corrected chi connectivity index (χ4v) is 3.38. The standard InChI is InChI=1S/C11H19Si.2ClH.Zr/c1-5-6-10-7-9(2)11(8-10)12(3)4;;;/h7-8,11H,5-6H2,1-4H3;2*1H;/q;;;+2/p-2. The van der Waals surface area contributed by atoms with Crippen LogP contribution in [0.4, 0.5) is 0 Å². The summed E-state index contributed by atoms with van der Waals surface area (Å²) in [4.78, 5) is 0. The summed E-state index contributed by atoms with van der Waals surface area (Å²) in [6, 6.07) is 0. The Balaban J connectivity index is 0.000000583. The van der Waals surface area contributed by atoms with E-state index in [0.717, 1.165) is 5.54 Å². The molecule has 0 N–H and O–H groups in total. The van der Waals surface area contributed by atoms with E-state index in [4.69, 9.17) is 17.0 Å². The molecule has 0 bridgehead atoms. The minimum absolute atomic E-state index is 0.156. The third kappa shape index (κ3) is 6.46. The molecule has 0 amide bonds. The molecule has 0 saturated carbocycles. The van der Waals surface area contributed by atoms with Crippen molar-refractivity contribution in [3.8, 4) is 0 Å². The van der Waals surface area contributed by atoms with Crippen LogP contribution in [0.2, 0.25) is 18.6 Å². The Morgan fingerprint density at radius 1 is 1.40 bits per heavy atom. The summed E-state index contributed by atoms with van der Waals surface area (Å²) in [5.41, 5.74) is 3.99. The van der Waals surface area contributed by atoms with E-state index in [1.54, 1.807) is 11.1 Å². The van der Waals surface area contributed by atoms with E-state index in [1.165, 1.54) is 12.8 Å². The van der Waals surface area contributed by atoms with Crippen molar-refractivity contribution in [2.75, 3.05) is 0 Å². The van der Waals surface area contributed by atoms with Gasteiger partial charge in [-0.2, -0.15) is 0 Å². The zero-order valence-corrected chi connectivity index (χ0v) is 14.9. The monoisotopic (exact) mass is 339 g/mol. The van der Waals surface area contributed by atoms with Gasteiger partial charge in [0.25, 0.3) is 0 Å². The Labute approximate surface area is 114 Å². The molecule has 1 rings (SSSR count). The van der Waals surface area contributed by atoms with Crippen LogP contribution >= 0.6 is 17.0 Å². The van der Waals surface area contributed by atoms with Crippen molar-refractivity contribution in [2.45, 2.75) is 45.3 Å². The predicted octanol–water partition coefficient (Wildman–Crippen LogP) is 5.17. The summed E-state index contributed by atoms with van der Waals surface area (Å²) in [5.74, 6) is 0. The van der Waals surface area contributed by atoms with Crippen LogP contribution in [0, 0.1) is 0 Å². The third-order valence-corrected chi connectivity index (χ3v) is 4.31. The molecule has 1 unspecified atom stereocenters. The quantitative estimate of drug-likeness (QED) is 0.621. The number of halogens is 2. The maximum atomic E-state index is 4.93. The van der Waals surface area contributed by atoms with Crippen molar-refractivity contribution in [1.82, 2.24) is 0 Å². The van der Waals surface area contributed by atoms with Crippen molar-refractivity contribution in [3.05, 3.63) is 23.3 Å². The molecule has 0 aliphatic heterocycles. The summed E-state index contributed by atoms with van der Waals surface area (Å²) in [6.45, 7) is 9.33. The zero-order chi connectivity index (χ0) is 11.8. The predicted molar refractivity (Wildman–Crippen MR) is 69.7 cm³/mol. The van der Waals surface area contributed by atoms with Gasteiger partial charge in [0.1, 0.15) is 0 Å². The third-order valence-electron chi connectivity index (χ3n) is 2.45. The van der Waals surface area contributed by atoms with E-state index in [-0.39, 0.29) is 8.80 Å². The summed E-state index contributed by atoms with van der Waals surface area (Å²) >= 11 is -0.826. The van der Waals surface area contributed by atoms with Crippen LogP contribution in [0.1, 0.15) is 26.7 Å². The van der Waals surface area contributed by atoms with Gasteiger partial charge < -0.3 is 0 Å². The van der Waals surface area contributed by atoms with Crippen LogP contribution in [0.15, 0.2) is 23.3 Å². The summed E-state index contributed by atoms with van der Waals surface area (Å²) in [5, 5.41) is 0. The molecule has 1 aliphatic rings. The SMILES string of the molecule is CCCC1=CC([Si](C)C)C(C)=C1.[Cl][Zr][Cl]. The molecule has 0 saturated heterocycles. The first-order chi connectivity index (χ1) is 7.06. The van der Waals surface area contributed by atoms with Crippen molar-refractivity contribution in [3.63, 3.8) is 0 Å². The van der Waals surface area contributed by atoms with E-state index >= 15 is 0 Å². The molecule has 0 fully saturated rings. The Morgan fingerprint density at radius 2 is 1.93 bits per heavy atom. The number of rotatable bonds is 3. The fourth-order valence-electron chi connectivity index (χ4n) is 1.84. The van der Waals surface area contributed by atoms with Crippen molar-refractivity contribution in [2.24, 2.45) is 0 Å². The number of hydrogen-bond donors (Lipinski definition) is 0. The van der Waals surface area contributed by atoms with Gasteiger partial charge in [-0.25, -0.2) is 0 Å². The first-order valence-corrected chi connectivity index (χ1v) is 14.1. The zero-order valence-electron chi connectivity index (χ0n) is 9.90. The number of hydrogen-bond acceptors (Lipinski definition) is 0. The summed E-state index contributed by atoms with van der Waals surface area (Å²) < 4.78 is 0. The molecule has 0 heterocycles. The molecule has 0 nitrogen and oxygen atoms in total. The van der Waals surface area contributed by atoms with Crippen LogP contribution in [0.3, 0.4) is 0 Å². The van der Waals surface area contributed by atoms with Crippen LogP contribution < -0.4 is 0 Å². The summed E-state index contributed by atoms with van der Waals surface area (Å²) in [7, 11) is 9.71. The molecular formula is C11H19Cl2SiZr. The van der Waals surface area contributed by atoms with E-state index in [9.17, 15) is 0 Å². The van der Waals surface area contributed by atoms with Crippen molar-refractivity contribution >= 4 is 25.8 Å². The molecule has 4 heteroatoms. The van der Waals surface area contributed by atoms with Crippen LogP contribution in [0.25, 0.3) is 0 Å². The van der Waals surface area contributed by atoms with Gasteiger partial charge in [-0.05, 0) is 18.9 Å². The van der Waals surface area contributed by atoms with E-state index in [2.05, 4.69) is 39.1 Å². The van der Waals surface area contributed by atoms with Gasteiger partial charge in [-0.1, -0.05) is 49.7 Å². The molecule has 85 valence electrons. The normalized spacial score (nSPS) is 19.3. The van der Waals surface area contributed by atoms with Gasteiger partial charge in [0.15, 0.2) is 0 Å². The van der Waals surface area contributed by atoms with Gasteiger partial charge in [-0.15, -0.1) is 0 Å². The van der Waals surface area contributed by atoms with Gasteiger partial charge in [0.05, 0.1) is 8.80 Å². The summed E-state index contributed by atoms with van der Waals surface area (Å²) in [6.07, 6.45) is 7.43. The second kappa shape index (κ2) is 9.22. The topological polar surface area (TPSA) is 0 Å². The Bertz CT molecular complexity index is 237. The van der Waals surface area contributed by atoms with Gasteiger partial charge >= 0.3 is 37.9 Å². The Hall–Kier alpha value is 1.16. The van der Waals surface area contributed by atoms with Crippen LogP contribution in [-0.4, -0.2) is 8.80 Å². The molecule has 1 aliphatic carbocycles. The fraction of sp³-hybridized carbons (Fsp3) is 0.636. The van der Waals surface area contributed by atoms with Gasteiger partial charge in [0, 0.05) is 0 Å². The second-order valence-electron chi connectivity index (χ2n) is 4.01. The molecule has 0 aromatic rings. The average Bonchev–Trinajstić information content (AvgIpc) is 2.49. The van der Waals surface area contributed by atoms with Crippen LogP contribution in [0.5, 0.6) is 0 Å². The second-order valence-corrected chi connectivity index (χ2v) is 10.5. The average molecular weight is 341 g/mol. The number of allylic oxidation sites excluding steroid dienone is 4. The molecule has 15 heavy (non-hydrogen) atoms. The molecule has 0 aromatic carbocycles. The molecule has 0 aromatic heterocycles. The van der Waals surface area contributed by atoms with Crippen molar-refractivity contribution < 1.29 is 20.8 Å². The Morgan fingerprint density at radius 3 is 2.27 bits per heavy atom. The molecule has 0 spiro atoms. The van der Waals surface area contributed by atoms with E-state index in [1.807, 2.05) is 0 Å². The molecular weight excluding hydrogens is 322 g/mol. The van der Waals surface area contributed by atoms with E-state index in [0.29, 0.717) is 0 Å². The minimum atomic E-state index is -0.826. The first kappa shape index (κ1) is 16.2. The molecule has 1 radical (unpaired) electrons. The van der Waals surface area contributed by atoms with Crippen molar-refractivity contribution in [1.29, 1.82) is 0 Å².